The molecule has 0 saturated heterocycles. The summed E-state index contributed by atoms with van der Waals surface area (Å²) in [5.41, 5.74) is 26.8. The SMILES string of the molecule is Cc1ccccc1C(Cc1ccc2c(c1)C(C)(C)c1cc(-c3ccccn3)c3oc4ccccc4c3c1-2)Cc1ccc2c(c1)C(C)(C)c1c3c(c4c(oc5ccccc54)c1-2)-c1ccccc1C3(C)C. The Labute approximate surface area is 403 Å². The highest BCUT2D eigenvalue weighted by Gasteiger charge is 2.48. The average Bonchev–Trinajstić information content (AvgIpc) is 4.11. The molecule has 3 heterocycles. The van der Waals surface area contributed by atoms with Crippen molar-refractivity contribution in [3.8, 4) is 44.6 Å². The van der Waals surface area contributed by atoms with E-state index in [1.54, 1.807) is 0 Å². The quantitative estimate of drug-likeness (QED) is 0.167. The Morgan fingerprint density at radius 3 is 1.70 bits per heavy atom. The predicted octanol–water partition coefficient (Wildman–Crippen LogP) is 17.3. The topological polar surface area (TPSA) is 39.2 Å². The number of hydrogen-bond acceptors (Lipinski definition) is 3. The second-order valence-corrected chi connectivity index (χ2v) is 21.8. The van der Waals surface area contributed by atoms with Gasteiger partial charge in [0.15, 0.2) is 0 Å². The van der Waals surface area contributed by atoms with Crippen molar-refractivity contribution in [1.82, 2.24) is 4.98 Å². The van der Waals surface area contributed by atoms with Crippen LogP contribution in [0.1, 0.15) is 103 Å². The first-order valence-corrected chi connectivity index (χ1v) is 24.8. The molecule has 3 aliphatic rings. The van der Waals surface area contributed by atoms with Crippen molar-refractivity contribution in [2.45, 2.75) is 83.5 Å². The summed E-state index contributed by atoms with van der Waals surface area (Å²) in [4.78, 5) is 4.83. The third kappa shape index (κ3) is 5.48. The highest BCUT2D eigenvalue weighted by Crippen LogP contribution is 2.63. The lowest BCUT2D eigenvalue weighted by atomic mass is 9.72. The zero-order valence-corrected chi connectivity index (χ0v) is 40.3. The molecule has 1 unspecified atom stereocenters. The largest absolute Gasteiger partial charge is 0.455 e. The number of hydrogen-bond donors (Lipinski definition) is 0. The number of aryl methyl sites for hydroxylation is 1. The zero-order chi connectivity index (χ0) is 46.7. The van der Waals surface area contributed by atoms with E-state index in [0.717, 1.165) is 51.8 Å². The van der Waals surface area contributed by atoms with Gasteiger partial charge in [0.25, 0.3) is 0 Å². The number of pyridine rings is 1. The van der Waals surface area contributed by atoms with Crippen LogP contribution in [-0.2, 0) is 29.1 Å². The molecule has 0 aliphatic heterocycles. The minimum Gasteiger partial charge on any atom is -0.455 e. The van der Waals surface area contributed by atoms with Gasteiger partial charge in [0, 0.05) is 55.1 Å². The third-order valence-electron chi connectivity index (χ3n) is 16.9. The van der Waals surface area contributed by atoms with E-state index in [9.17, 15) is 0 Å². The lowest BCUT2D eigenvalue weighted by Crippen LogP contribution is -2.24. The maximum absolute atomic E-state index is 7.01. The van der Waals surface area contributed by atoms with Gasteiger partial charge in [-0.05, 0) is 139 Å². The van der Waals surface area contributed by atoms with Gasteiger partial charge in [0.1, 0.15) is 22.3 Å². The monoisotopic (exact) mass is 891 g/mol. The van der Waals surface area contributed by atoms with E-state index < -0.39 is 0 Å². The number of furan rings is 2. The fraction of sp³-hybridized carbons (Fsp3) is 0.197. The molecule has 0 radical (unpaired) electrons. The Morgan fingerprint density at radius 2 is 1.00 bits per heavy atom. The molecule has 0 saturated carbocycles. The van der Waals surface area contributed by atoms with Gasteiger partial charge >= 0.3 is 0 Å². The van der Waals surface area contributed by atoms with Crippen LogP contribution in [0.25, 0.3) is 88.5 Å². The lowest BCUT2D eigenvalue weighted by molar-refractivity contribution is 0.598. The first-order valence-electron chi connectivity index (χ1n) is 24.8. The summed E-state index contributed by atoms with van der Waals surface area (Å²) in [5, 5.41) is 4.78. The second-order valence-electron chi connectivity index (χ2n) is 21.8. The van der Waals surface area contributed by atoms with E-state index in [1.165, 1.54) is 105 Å². The average molecular weight is 892 g/mol. The fourth-order valence-electron chi connectivity index (χ4n) is 13.6. The van der Waals surface area contributed by atoms with Crippen LogP contribution in [-0.4, -0.2) is 4.98 Å². The van der Waals surface area contributed by atoms with Crippen LogP contribution in [0.4, 0.5) is 0 Å². The van der Waals surface area contributed by atoms with Gasteiger partial charge in [0.05, 0.1) is 5.69 Å². The number of rotatable bonds is 6. The molecule has 3 aromatic heterocycles. The highest BCUT2D eigenvalue weighted by atomic mass is 16.3. The molecule has 0 N–H and O–H groups in total. The van der Waals surface area contributed by atoms with E-state index in [2.05, 4.69) is 200 Å². The molecule has 14 rings (SSSR count). The summed E-state index contributed by atoms with van der Waals surface area (Å²) < 4.78 is 13.7. The first kappa shape index (κ1) is 40.6. The van der Waals surface area contributed by atoms with E-state index in [0.29, 0.717) is 0 Å². The Balaban J connectivity index is 0.887. The molecule has 1 atom stereocenters. The number of para-hydroxylation sites is 2. The van der Waals surface area contributed by atoms with Crippen molar-refractivity contribution in [3.63, 3.8) is 0 Å². The summed E-state index contributed by atoms with van der Waals surface area (Å²) >= 11 is 0. The molecule has 0 fully saturated rings. The molecular weight excluding hydrogens is 839 g/mol. The molecule has 0 amide bonds. The number of fused-ring (bicyclic) bond motifs is 19. The van der Waals surface area contributed by atoms with Crippen molar-refractivity contribution in [2.75, 3.05) is 0 Å². The summed E-state index contributed by atoms with van der Waals surface area (Å²) in [7, 11) is 0. The van der Waals surface area contributed by atoms with Crippen LogP contribution in [0.2, 0.25) is 0 Å². The molecule has 8 aromatic carbocycles. The second kappa shape index (κ2) is 14.0. The van der Waals surface area contributed by atoms with E-state index in [-0.39, 0.29) is 22.2 Å². The minimum atomic E-state index is -0.252. The number of aromatic nitrogens is 1. The normalized spacial score (nSPS) is 15.9. The van der Waals surface area contributed by atoms with Gasteiger partial charge in [0.2, 0.25) is 0 Å². The van der Waals surface area contributed by atoms with Gasteiger partial charge in [-0.2, -0.15) is 0 Å². The van der Waals surface area contributed by atoms with Crippen LogP contribution in [0.3, 0.4) is 0 Å². The molecule has 3 nitrogen and oxygen atoms in total. The Hall–Kier alpha value is -7.49. The van der Waals surface area contributed by atoms with E-state index >= 15 is 0 Å². The number of benzene rings is 8. The molecule has 69 heavy (non-hydrogen) atoms. The Morgan fingerprint density at radius 1 is 0.449 bits per heavy atom. The summed E-state index contributed by atoms with van der Waals surface area (Å²) in [6.45, 7) is 16.9. The highest BCUT2D eigenvalue weighted by molar-refractivity contribution is 6.21. The molecule has 3 aliphatic carbocycles. The van der Waals surface area contributed by atoms with Gasteiger partial charge in [-0.1, -0.05) is 169 Å². The van der Waals surface area contributed by atoms with E-state index in [4.69, 9.17) is 13.8 Å². The maximum atomic E-state index is 7.01. The van der Waals surface area contributed by atoms with Crippen LogP contribution in [0.5, 0.6) is 0 Å². The van der Waals surface area contributed by atoms with Gasteiger partial charge in [-0.15, -0.1) is 0 Å². The number of nitrogens with zero attached hydrogens (tertiary/aromatic N) is 1. The van der Waals surface area contributed by atoms with Crippen molar-refractivity contribution >= 4 is 43.9 Å². The van der Waals surface area contributed by atoms with Crippen molar-refractivity contribution in [3.05, 3.63) is 220 Å². The van der Waals surface area contributed by atoms with Crippen molar-refractivity contribution in [2.24, 2.45) is 0 Å². The van der Waals surface area contributed by atoms with Gasteiger partial charge in [-0.25, -0.2) is 0 Å². The zero-order valence-electron chi connectivity index (χ0n) is 40.3. The smallest absolute Gasteiger partial charge is 0.145 e. The van der Waals surface area contributed by atoms with Crippen molar-refractivity contribution < 1.29 is 8.83 Å². The molecular formula is C66H53NO2. The molecule has 334 valence electrons. The maximum Gasteiger partial charge on any atom is 0.145 e. The fourth-order valence-corrected chi connectivity index (χ4v) is 13.6. The predicted molar refractivity (Wildman–Crippen MR) is 285 cm³/mol. The summed E-state index contributed by atoms with van der Waals surface area (Å²) in [6.07, 6.45) is 3.73. The first-order chi connectivity index (χ1) is 33.4. The molecule has 3 heteroatoms. The Kier molecular flexibility index (Phi) is 8.26. The van der Waals surface area contributed by atoms with Crippen LogP contribution >= 0.6 is 0 Å². The van der Waals surface area contributed by atoms with Gasteiger partial charge in [-0.3, -0.25) is 4.98 Å². The third-order valence-corrected chi connectivity index (χ3v) is 16.9. The molecule has 0 spiro atoms. The standard InChI is InChI=1S/C66H53NO2/c1-37-18-8-9-19-41(37)40(32-38-27-29-43-49(34-38)64(2,3)51-36-47(52-24-16-17-31-67-52)62-57(55(43)51)45-21-11-14-25-53(45)68-62)33-39-28-30-44-50(35-39)66(6,7)61-59(44)63-58(46-22-12-15-26-54(46)69-63)56-42-20-10-13-23-48(42)65(4,5)60(56)61/h8-31,34-36,40H,32-33H2,1-7H3. The van der Waals surface area contributed by atoms with Crippen LogP contribution < -0.4 is 0 Å². The summed E-state index contributed by atoms with van der Waals surface area (Å²) in [5.74, 6) is 0.265. The lowest BCUT2D eigenvalue weighted by Gasteiger charge is -2.31. The van der Waals surface area contributed by atoms with Gasteiger partial charge < -0.3 is 8.83 Å². The summed E-state index contributed by atoms with van der Waals surface area (Å²) in [6, 6.07) is 58.5. The van der Waals surface area contributed by atoms with Crippen LogP contribution in [0.15, 0.2) is 173 Å². The van der Waals surface area contributed by atoms with Crippen molar-refractivity contribution in [1.29, 1.82) is 0 Å². The molecule has 11 aromatic rings. The van der Waals surface area contributed by atoms with E-state index in [1.807, 2.05) is 12.3 Å². The Bertz CT molecular complexity index is 4010. The minimum absolute atomic E-state index is 0.174. The molecule has 0 bridgehead atoms. The van der Waals surface area contributed by atoms with Crippen LogP contribution in [0, 0.1) is 6.92 Å².